The number of rotatable bonds is 4. The maximum Gasteiger partial charge on any atom is 0.276 e. The lowest BCUT2D eigenvalue weighted by atomic mass is 9.97. The molecule has 11 heteroatoms. The minimum atomic E-state index is -0.479. The second-order valence-corrected chi connectivity index (χ2v) is 9.65. The van der Waals surface area contributed by atoms with Gasteiger partial charge in [-0.2, -0.15) is 5.10 Å². The monoisotopic (exact) mass is 493 g/mol. The molecule has 1 aromatic carbocycles. The molecule has 1 fully saturated rings. The summed E-state index contributed by atoms with van der Waals surface area (Å²) in [6, 6.07) is 6.47. The number of nitrogens with zero attached hydrogens (tertiary/aromatic N) is 6. The zero-order chi connectivity index (χ0) is 24.7. The van der Waals surface area contributed by atoms with E-state index in [1.807, 2.05) is 19.9 Å². The van der Waals surface area contributed by atoms with Gasteiger partial charge < -0.3 is 10.2 Å². The lowest BCUT2D eigenvalue weighted by Crippen LogP contribution is -2.39. The van der Waals surface area contributed by atoms with Crippen LogP contribution in [0, 0.1) is 26.6 Å². The van der Waals surface area contributed by atoms with Crippen LogP contribution in [0.25, 0.3) is 5.65 Å². The molecule has 3 aromatic heterocycles. The summed E-state index contributed by atoms with van der Waals surface area (Å²) in [4.78, 5) is 32.0. The summed E-state index contributed by atoms with van der Waals surface area (Å²) < 4.78 is 15.7. The maximum atomic E-state index is 14.1. The molecule has 1 aliphatic rings. The quantitative estimate of drug-likeness (QED) is 0.462. The Labute approximate surface area is 205 Å². The Balaban J connectivity index is 1.23. The van der Waals surface area contributed by atoms with Crippen molar-refractivity contribution < 1.29 is 14.0 Å². The summed E-state index contributed by atoms with van der Waals surface area (Å²) in [5.74, 6) is -0.943. The summed E-state index contributed by atoms with van der Waals surface area (Å²) >= 11 is 1.41. The van der Waals surface area contributed by atoms with Gasteiger partial charge in [-0.1, -0.05) is 6.07 Å². The van der Waals surface area contributed by atoms with E-state index < -0.39 is 11.7 Å². The Kier molecular flexibility index (Phi) is 6.01. The number of anilines is 1. The molecule has 0 atom stereocenters. The van der Waals surface area contributed by atoms with Gasteiger partial charge in [-0.05, 0) is 51.3 Å². The number of halogens is 1. The highest BCUT2D eigenvalue weighted by molar-refractivity contribution is 7.10. The molecule has 1 saturated heterocycles. The number of likely N-dealkylation sites (tertiary alicyclic amines) is 1. The zero-order valence-electron chi connectivity index (χ0n) is 19.6. The topological polar surface area (TPSA) is 105 Å². The van der Waals surface area contributed by atoms with Crippen LogP contribution >= 0.6 is 11.3 Å². The Morgan fingerprint density at radius 1 is 1.11 bits per heavy atom. The fourth-order valence-corrected chi connectivity index (χ4v) is 5.21. The molecule has 1 N–H and O–H groups in total. The molecular formula is C24H24FN7O2S. The van der Waals surface area contributed by atoms with Crippen LogP contribution in [0.15, 0.2) is 29.6 Å². The molecule has 0 unspecified atom stereocenters. The fraction of sp³-hybridized carbons (Fsp3) is 0.333. The number of aryl methyl sites for hydroxylation is 3. The second-order valence-electron chi connectivity index (χ2n) is 8.76. The van der Waals surface area contributed by atoms with Gasteiger partial charge >= 0.3 is 0 Å². The van der Waals surface area contributed by atoms with Crippen LogP contribution < -0.4 is 5.32 Å². The Hall–Kier alpha value is -3.73. The van der Waals surface area contributed by atoms with E-state index in [1.54, 1.807) is 33.9 Å². The highest BCUT2D eigenvalue weighted by atomic mass is 32.1. The first-order chi connectivity index (χ1) is 16.8. The van der Waals surface area contributed by atoms with E-state index in [2.05, 4.69) is 25.6 Å². The van der Waals surface area contributed by atoms with Crippen molar-refractivity contribution in [3.05, 3.63) is 68.8 Å². The Morgan fingerprint density at radius 2 is 1.89 bits per heavy atom. The number of carbonyl (C=O) groups excluding carboxylic acids is 2. The first-order valence-electron chi connectivity index (χ1n) is 11.3. The summed E-state index contributed by atoms with van der Waals surface area (Å²) in [5.41, 5.74) is 3.56. The van der Waals surface area contributed by atoms with Crippen LogP contribution in [-0.4, -0.2) is 54.6 Å². The number of hydrogen-bond donors (Lipinski definition) is 1. The van der Waals surface area contributed by atoms with E-state index in [4.69, 9.17) is 0 Å². The molecular weight excluding hydrogens is 469 g/mol. The number of thiazole rings is 1. The highest BCUT2D eigenvalue weighted by Crippen LogP contribution is 2.31. The third-order valence-corrected chi connectivity index (χ3v) is 7.19. The normalized spacial score (nSPS) is 14.5. The van der Waals surface area contributed by atoms with Crippen molar-refractivity contribution in [1.82, 2.24) is 29.7 Å². The van der Waals surface area contributed by atoms with E-state index in [9.17, 15) is 14.0 Å². The molecule has 35 heavy (non-hydrogen) atoms. The molecule has 0 bridgehead atoms. The number of fused-ring (bicyclic) bond motifs is 1. The average Bonchev–Trinajstić information content (AvgIpc) is 3.48. The van der Waals surface area contributed by atoms with Gasteiger partial charge in [-0.3, -0.25) is 9.59 Å². The van der Waals surface area contributed by atoms with Gasteiger partial charge in [0.1, 0.15) is 11.5 Å². The van der Waals surface area contributed by atoms with Crippen LogP contribution in [0.1, 0.15) is 61.7 Å². The van der Waals surface area contributed by atoms with Gasteiger partial charge in [0.25, 0.3) is 11.8 Å². The molecule has 180 valence electrons. The van der Waals surface area contributed by atoms with Crippen molar-refractivity contribution >= 4 is 34.5 Å². The van der Waals surface area contributed by atoms with Gasteiger partial charge in [0, 0.05) is 30.5 Å². The van der Waals surface area contributed by atoms with Crippen molar-refractivity contribution in [2.24, 2.45) is 0 Å². The number of hydrogen-bond acceptors (Lipinski definition) is 7. The largest absolute Gasteiger partial charge is 0.337 e. The fourth-order valence-electron chi connectivity index (χ4n) is 4.24. The lowest BCUT2D eigenvalue weighted by molar-refractivity contribution is 0.0704. The van der Waals surface area contributed by atoms with Crippen molar-refractivity contribution in [2.45, 2.75) is 39.5 Å². The molecule has 4 aromatic rings. The van der Waals surface area contributed by atoms with Gasteiger partial charge in [-0.25, -0.2) is 13.9 Å². The molecule has 4 heterocycles. The lowest BCUT2D eigenvalue weighted by Gasteiger charge is -2.31. The molecule has 9 nitrogen and oxygen atoms in total. The number of amides is 2. The third-order valence-electron chi connectivity index (χ3n) is 6.19. The highest BCUT2D eigenvalue weighted by Gasteiger charge is 2.29. The molecule has 1 aliphatic heterocycles. The number of aromatic nitrogens is 5. The number of carbonyl (C=O) groups is 2. The van der Waals surface area contributed by atoms with Gasteiger partial charge in [0.05, 0.1) is 22.1 Å². The Morgan fingerprint density at radius 3 is 2.63 bits per heavy atom. The number of nitrogens with one attached hydrogen (secondary N) is 1. The third kappa shape index (κ3) is 4.51. The second kappa shape index (κ2) is 9.14. The minimum Gasteiger partial charge on any atom is -0.337 e. The van der Waals surface area contributed by atoms with Gasteiger partial charge in [0.15, 0.2) is 11.3 Å². The molecule has 0 radical (unpaired) electrons. The van der Waals surface area contributed by atoms with Crippen LogP contribution in [-0.2, 0) is 0 Å². The standard InChI is InChI=1S/C24H24FN7O2S/c1-13-4-5-18(17(25)10-13)26-22(33)19-12-35-23(27-19)16-6-8-31(9-7-16)24(34)21-15(3)32-20(28-29-21)11-14(2)30-32/h4-5,10-12,16H,6-9H2,1-3H3,(H,26,33). The number of piperidine rings is 1. The van der Waals surface area contributed by atoms with E-state index in [0.717, 1.165) is 29.1 Å². The first-order valence-corrected chi connectivity index (χ1v) is 12.2. The van der Waals surface area contributed by atoms with E-state index in [1.165, 1.54) is 17.4 Å². The van der Waals surface area contributed by atoms with Crippen LogP contribution in [0.5, 0.6) is 0 Å². The first kappa shape index (κ1) is 23.0. The van der Waals surface area contributed by atoms with Crippen LogP contribution in [0.2, 0.25) is 0 Å². The van der Waals surface area contributed by atoms with Crippen LogP contribution in [0.4, 0.5) is 10.1 Å². The van der Waals surface area contributed by atoms with Crippen molar-refractivity contribution in [2.75, 3.05) is 18.4 Å². The average molecular weight is 494 g/mol. The van der Waals surface area contributed by atoms with Gasteiger partial charge in [0.2, 0.25) is 0 Å². The molecule has 2 amide bonds. The predicted molar refractivity (Wildman–Crippen MR) is 129 cm³/mol. The summed E-state index contributed by atoms with van der Waals surface area (Å²) in [6.45, 7) is 6.58. The van der Waals surface area contributed by atoms with E-state index in [0.29, 0.717) is 30.1 Å². The molecule has 0 aliphatic carbocycles. The minimum absolute atomic E-state index is 0.129. The summed E-state index contributed by atoms with van der Waals surface area (Å²) in [6.07, 6.45) is 1.45. The van der Waals surface area contributed by atoms with E-state index >= 15 is 0 Å². The molecule has 5 rings (SSSR count). The summed E-state index contributed by atoms with van der Waals surface area (Å²) in [5, 5.41) is 17.8. The van der Waals surface area contributed by atoms with Crippen molar-refractivity contribution in [3.8, 4) is 0 Å². The SMILES string of the molecule is Cc1ccc(NC(=O)c2csc(C3CCN(C(=O)c4nnc5cc(C)nn5c4C)CC3)n2)c(F)c1. The smallest absolute Gasteiger partial charge is 0.276 e. The van der Waals surface area contributed by atoms with Gasteiger partial charge in [-0.15, -0.1) is 21.5 Å². The van der Waals surface area contributed by atoms with Crippen molar-refractivity contribution in [1.29, 1.82) is 0 Å². The maximum absolute atomic E-state index is 14.1. The molecule has 0 saturated carbocycles. The predicted octanol–water partition coefficient (Wildman–Crippen LogP) is 3.92. The van der Waals surface area contributed by atoms with E-state index in [-0.39, 0.29) is 23.2 Å². The summed E-state index contributed by atoms with van der Waals surface area (Å²) in [7, 11) is 0. The molecule has 0 spiro atoms. The van der Waals surface area contributed by atoms with Crippen molar-refractivity contribution in [3.63, 3.8) is 0 Å². The Bertz CT molecular complexity index is 1440. The number of benzene rings is 1. The zero-order valence-corrected chi connectivity index (χ0v) is 20.4. The van der Waals surface area contributed by atoms with Crippen LogP contribution in [0.3, 0.4) is 0 Å².